The minimum Gasteiger partial charge on any atom is -0.397 e. The molecule has 1 aliphatic rings. The highest BCUT2D eigenvalue weighted by molar-refractivity contribution is 5.96. The first kappa shape index (κ1) is 15.4. The number of hydrogen-bond acceptors (Lipinski definition) is 3. The molecule has 4 heteroatoms. The van der Waals surface area contributed by atoms with E-state index >= 15 is 0 Å². The molecule has 1 atom stereocenters. The Kier molecular flexibility index (Phi) is 4.51. The Balaban J connectivity index is 1.73. The Hall–Kier alpha value is -2.49. The molecule has 0 spiro atoms. The van der Waals surface area contributed by atoms with E-state index in [1.807, 2.05) is 35.2 Å². The van der Waals surface area contributed by atoms with Crippen LogP contribution < -0.4 is 11.1 Å². The summed E-state index contributed by atoms with van der Waals surface area (Å²) in [6.07, 6.45) is 2.19. The standard InChI is InChI=1S/C19H23N3O/c1-14(15-7-3-2-4-8-15)21-18-10-9-16(13-17(18)20)19(23)22-11-5-6-12-22/h2-4,7-10,13-14,21H,5-6,11-12,20H2,1H3. The summed E-state index contributed by atoms with van der Waals surface area (Å²) >= 11 is 0. The van der Waals surface area contributed by atoms with E-state index in [1.54, 1.807) is 6.07 Å². The molecule has 1 saturated heterocycles. The summed E-state index contributed by atoms with van der Waals surface area (Å²) in [5, 5.41) is 3.41. The molecule has 0 bridgehead atoms. The molecule has 1 heterocycles. The fraction of sp³-hybridized carbons (Fsp3) is 0.316. The number of amides is 1. The van der Waals surface area contributed by atoms with Crippen LogP contribution in [0.15, 0.2) is 48.5 Å². The Morgan fingerprint density at radius 2 is 1.83 bits per heavy atom. The van der Waals surface area contributed by atoms with Gasteiger partial charge in [0.25, 0.3) is 5.91 Å². The molecule has 23 heavy (non-hydrogen) atoms. The number of carbonyl (C=O) groups excluding carboxylic acids is 1. The van der Waals surface area contributed by atoms with Gasteiger partial charge in [0.1, 0.15) is 0 Å². The van der Waals surface area contributed by atoms with Crippen molar-refractivity contribution in [1.82, 2.24) is 4.90 Å². The SMILES string of the molecule is CC(Nc1ccc(C(=O)N2CCCC2)cc1N)c1ccccc1. The van der Waals surface area contributed by atoms with Crippen molar-refractivity contribution >= 4 is 17.3 Å². The highest BCUT2D eigenvalue weighted by atomic mass is 16.2. The Labute approximate surface area is 137 Å². The lowest BCUT2D eigenvalue weighted by molar-refractivity contribution is 0.0793. The maximum absolute atomic E-state index is 12.4. The average Bonchev–Trinajstić information content (AvgIpc) is 3.11. The molecule has 0 aliphatic carbocycles. The predicted octanol–water partition coefficient (Wildman–Crippen LogP) is 3.68. The van der Waals surface area contributed by atoms with Gasteiger partial charge in [0.15, 0.2) is 0 Å². The molecule has 120 valence electrons. The Morgan fingerprint density at radius 3 is 2.48 bits per heavy atom. The predicted molar refractivity (Wildman–Crippen MR) is 94.5 cm³/mol. The van der Waals surface area contributed by atoms with Crippen LogP contribution in [-0.2, 0) is 0 Å². The van der Waals surface area contributed by atoms with Gasteiger partial charge in [0.2, 0.25) is 0 Å². The van der Waals surface area contributed by atoms with Crippen molar-refractivity contribution in [2.45, 2.75) is 25.8 Å². The molecular formula is C19H23N3O. The third kappa shape index (κ3) is 3.47. The molecule has 1 amide bonds. The quantitative estimate of drug-likeness (QED) is 0.847. The first-order valence-corrected chi connectivity index (χ1v) is 8.15. The third-order valence-corrected chi connectivity index (χ3v) is 4.36. The molecular weight excluding hydrogens is 286 g/mol. The molecule has 0 radical (unpaired) electrons. The number of anilines is 2. The molecule has 4 nitrogen and oxygen atoms in total. The first-order chi connectivity index (χ1) is 11.1. The average molecular weight is 309 g/mol. The second-order valence-electron chi connectivity index (χ2n) is 6.08. The molecule has 0 saturated carbocycles. The van der Waals surface area contributed by atoms with Crippen LogP contribution in [0.3, 0.4) is 0 Å². The Morgan fingerprint density at radius 1 is 1.13 bits per heavy atom. The van der Waals surface area contributed by atoms with Crippen molar-refractivity contribution in [1.29, 1.82) is 0 Å². The summed E-state index contributed by atoms with van der Waals surface area (Å²) in [5.41, 5.74) is 9.49. The zero-order valence-electron chi connectivity index (χ0n) is 13.5. The van der Waals surface area contributed by atoms with Gasteiger partial charge < -0.3 is 16.0 Å². The number of nitrogens with zero attached hydrogens (tertiary/aromatic N) is 1. The van der Waals surface area contributed by atoms with E-state index in [9.17, 15) is 4.79 Å². The molecule has 1 unspecified atom stereocenters. The van der Waals surface area contributed by atoms with Crippen molar-refractivity contribution in [3.05, 3.63) is 59.7 Å². The number of likely N-dealkylation sites (tertiary alicyclic amines) is 1. The van der Waals surface area contributed by atoms with Crippen LogP contribution in [0.4, 0.5) is 11.4 Å². The third-order valence-electron chi connectivity index (χ3n) is 4.36. The summed E-state index contributed by atoms with van der Waals surface area (Å²) in [7, 11) is 0. The van der Waals surface area contributed by atoms with E-state index in [2.05, 4.69) is 24.4 Å². The number of nitrogen functional groups attached to an aromatic ring is 1. The number of carbonyl (C=O) groups is 1. The molecule has 3 N–H and O–H groups in total. The van der Waals surface area contributed by atoms with Gasteiger partial charge in [0.05, 0.1) is 11.4 Å². The monoisotopic (exact) mass is 309 g/mol. The number of rotatable bonds is 4. The van der Waals surface area contributed by atoms with E-state index in [0.29, 0.717) is 11.3 Å². The van der Waals surface area contributed by atoms with E-state index < -0.39 is 0 Å². The topological polar surface area (TPSA) is 58.4 Å². The number of benzene rings is 2. The first-order valence-electron chi connectivity index (χ1n) is 8.15. The van der Waals surface area contributed by atoms with Crippen LogP contribution in [0.5, 0.6) is 0 Å². The summed E-state index contributed by atoms with van der Waals surface area (Å²) in [5.74, 6) is 0.0804. The van der Waals surface area contributed by atoms with Gasteiger partial charge in [-0.05, 0) is 43.5 Å². The lowest BCUT2D eigenvalue weighted by Crippen LogP contribution is -2.27. The fourth-order valence-electron chi connectivity index (χ4n) is 2.99. The van der Waals surface area contributed by atoms with E-state index in [1.165, 1.54) is 5.56 Å². The molecule has 0 aromatic heterocycles. The number of nitrogens with one attached hydrogen (secondary N) is 1. The van der Waals surface area contributed by atoms with Crippen LogP contribution in [0, 0.1) is 0 Å². The minimum atomic E-state index is 0.0804. The van der Waals surface area contributed by atoms with E-state index in [-0.39, 0.29) is 11.9 Å². The highest BCUT2D eigenvalue weighted by Crippen LogP contribution is 2.26. The van der Waals surface area contributed by atoms with Crippen LogP contribution in [0.1, 0.15) is 41.7 Å². The number of hydrogen-bond donors (Lipinski definition) is 2. The zero-order chi connectivity index (χ0) is 16.2. The molecule has 2 aromatic carbocycles. The van der Waals surface area contributed by atoms with Gasteiger partial charge in [-0.25, -0.2) is 0 Å². The smallest absolute Gasteiger partial charge is 0.253 e. The second-order valence-corrected chi connectivity index (χ2v) is 6.08. The molecule has 3 rings (SSSR count). The zero-order valence-corrected chi connectivity index (χ0v) is 13.5. The van der Waals surface area contributed by atoms with Gasteiger partial charge in [0, 0.05) is 24.7 Å². The van der Waals surface area contributed by atoms with Crippen LogP contribution in [-0.4, -0.2) is 23.9 Å². The maximum Gasteiger partial charge on any atom is 0.253 e. The van der Waals surface area contributed by atoms with E-state index in [4.69, 9.17) is 5.73 Å². The minimum absolute atomic E-state index is 0.0804. The van der Waals surface area contributed by atoms with Gasteiger partial charge in [-0.15, -0.1) is 0 Å². The lowest BCUT2D eigenvalue weighted by atomic mass is 10.1. The maximum atomic E-state index is 12.4. The van der Waals surface area contributed by atoms with Crippen molar-refractivity contribution in [2.75, 3.05) is 24.1 Å². The van der Waals surface area contributed by atoms with E-state index in [0.717, 1.165) is 31.6 Å². The van der Waals surface area contributed by atoms with Crippen molar-refractivity contribution in [3.8, 4) is 0 Å². The van der Waals surface area contributed by atoms with Crippen molar-refractivity contribution in [2.24, 2.45) is 0 Å². The normalized spacial score (nSPS) is 15.4. The Bertz CT molecular complexity index is 678. The van der Waals surface area contributed by atoms with Gasteiger partial charge in [-0.3, -0.25) is 4.79 Å². The van der Waals surface area contributed by atoms with Crippen molar-refractivity contribution in [3.63, 3.8) is 0 Å². The van der Waals surface area contributed by atoms with Gasteiger partial charge >= 0.3 is 0 Å². The lowest BCUT2D eigenvalue weighted by Gasteiger charge is -2.19. The second kappa shape index (κ2) is 6.73. The molecule has 1 fully saturated rings. The van der Waals surface area contributed by atoms with Crippen molar-refractivity contribution < 1.29 is 4.79 Å². The van der Waals surface area contributed by atoms with Crippen LogP contribution in [0.25, 0.3) is 0 Å². The summed E-state index contributed by atoms with van der Waals surface area (Å²) in [4.78, 5) is 14.3. The van der Waals surface area contributed by atoms with Gasteiger partial charge in [-0.1, -0.05) is 30.3 Å². The molecule has 2 aromatic rings. The van der Waals surface area contributed by atoms with Crippen LogP contribution >= 0.6 is 0 Å². The summed E-state index contributed by atoms with van der Waals surface area (Å²) in [6.45, 7) is 3.80. The van der Waals surface area contributed by atoms with Crippen LogP contribution in [0.2, 0.25) is 0 Å². The summed E-state index contributed by atoms with van der Waals surface area (Å²) in [6, 6.07) is 15.9. The summed E-state index contributed by atoms with van der Waals surface area (Å²) < 4.78 is 0. The fourth-order valence-corrected chi connectivity index (χ4v) is 2.99. The largest absolute Gasteiger partial charge is 0.397 e. The number of nitrogens with two attached hydrogens (primary N) is 1. The van der Waals surface area contributed by atoms with Gasteiger partial charge in [-0.2, -0.15) is 0 Å². The highest BCUT2D eigenvalue weighted by Gasteiger charge is 2.20. The molecule has 1 aliphatic heterocycles.